The molecule has 1 N–H and O–H groups in total. The zero-order chi connectivity index (χ0) is 27.2. The van der Waals surface area contributed by atoms with E-state index in [1.807, 2.05) is 37.3 Å². The Morgan fingerprint density at radius 3 is 2.39 bits per heavy atom. The van der Waals surface area contributed by atoms with Gasteiger partial charge in [-0.25, -0.2) is 8.78 Å². The van der Waals surface area contributed by atoms with Crippen LogP contribution in [0.1, 0.15) is 38.3 Å². The van der Waals surface area contributed by atoms with E-state index < -0.39 is 17.5 Å². The number of aromatic nitrogens is 3. The van der Waals surface area contributed by atoms with Gasteiger partial charge in [0.25, 0.3) is 11.5 Å². The molecule has 2 aromatic heterocycles. The number of hydrogen-bond donors (Lipinski definition) is 1. The number of methoxy groups -OCH3 is 2. The first-order chi connectivity index (χ1) is 18.3. The van der Waals surface area contributed by atoms with Crippen LogP contribution in [-0.2, 0) is 31.0 Å². The van der Waals surface area contributed by atoms with Gasteiger partial charge in [0.1, 0.15) is 11.5 Å². The average molecular weight is 523 g/mol. The van der Waals surface area contributed by atoms with Gasteiger partial charge >= 0.3 is 0 Å². The fraction of sp³-hybridized carbons (Fsp3) is 0.250. The van der Waals surface area contributed by atoms with E-state index >= 15 is 0 Å². The molecular formula is C28H28F2N4O4. The summed E-state index contributed by atoms with van der Waals surface area (Å²) in [7, 11) is 2.77. The molecule has 0 unspecified atom stereocenters. The van der Waals surface area contributed by atoms with Crippen LogP contribution in [0.4, 0.5) is 8.78 Å². The number of ether oxygens (including phenoxy) is 2. The van der Waals surface area contributed by atoms with Crippen LogP contribution in [0.15, 0.2) is 65.7 Å². The third-order valence-electron chi connectivity index (χ3n) is 6.03. The lowest BCUT2D eigenvalue weighted by atomic mass is 10.1. The number of hydrogen-bond acceptors (Lipinski definition) is 5. The summed E-state index contributed by atoms with van der Waals surface area (Å²) >= 11 is 0. The van der Waals surface area contributed by atoms with Gasteiger partial charge in [-0.1, -0.05) is 24.3 Å². The lowest BCUT2D eigenvalue weighted by molar-refractivity contribution is 0.0945. The van der Waals surface area contributed by atoms with E-state index in [1.54, 1.807) is 27.7 Å². The van der Waals surface area contributed by atoms with E-state index in [0.717, 1.165) is 22.8 Å². The maximum absolute atomic E-state index is 14.4. The smallest absolute Gasteiger partial charge is 0.255 e. The number of halogens is 2. The highest BCUT2D eigenvalue weighted by atomic mass is 19.1. The second-order valence-corrected chi connectivity index (χ2v) is 8.83. The second kappa shape index (κ2) is 11.8. The third-order valence-corrected chi connectivity index (χ3v) is 6.03. The average Bonchev–Trinajstić information content (AvgIpc) is 3.29. The predicted octanol–water partition coefficient (Wildman–Crippen LogP) is 3.81. The molecule has 0 aliphatic rings. The van der Waals surface area contributed by atoms with Crippen molar-refractivity contribution >= 4 is 5.91 Å². The number of benzene rings is 2. The van der Waals surface area contributed by atoms with Gasteiger partial charge in [0.2, 0.25) is 0 Å². The Morgan fingerprint density at radius 2 is 1.74 bits per heavy atom. The summed E-state index contributed by atoms with van der Waals surface area (Å²) in [6, 6.07) is 13.5. The van der Waals surface area contributed by atoms with Crippen molar-refractivity contribution in [3.05, 3.63) is 116 Å². The molecule has 10 heteroatoms. The van der Waals surface area contributed by atoms with E-state index in [9.17, 15) is 18.4 Å². The zero-order valence-electron chi connectivity index (χ0n) is 21.3. The molecule has 0 aliphatic heterocycles. The van der Waals surface area contributed by atoms with Crippen LogP contribution in [0.25, 0.3) is 0 Å². The summed E-state index contributed by atoms with van der Waals surface area (Å²) in [6.45, 7) is 2.44. The van der Waals surface area contributed by atoms with Crippen LogP contribution < -0.4 is 15.6 Å². The second-order valence-electron chi connectivity index (χ2n) is 8.83. The zero-order valence-corrected chi connectivity index (χ0v) is 21.3. The number of carbonyl (C=O) groups is 1. The van der Waals surface area contributed by atoms with Gasteiger partial charge in [0.05, 0.1) is 32.4 Å². The van der Waals surface area contributed by atoms with Crippen LogP contribution in [0.5, 0.6) is 5.75 Å². The van der Waals surface area contributed by atoms with Crippen molar-refractivity contribution in [1.82, 2.24) is 19.7 Å². The molecule has 0 atom stereocenters. The summed E-state index contributed by atoms with van der Waals surface area (Å²) in [5, 5.41) is 7.01. The molecule has 0 aliphatic carbocycles. The molecule has 0 saturated heterocycles. The van der Waals surface area contributed by atoms with Gasteiger partial charge < -0.3 is 19.4 Å². The molecule has 0 spiro atoms. The van der Waals surface area contributed by atoms with Gasteiger partial charge in [0, 0.05) is 37.7 Å². The fourth-order valence-corrected chi connectivity index (χ4v) is 4.01. The number of amides is 1. The highest BCUT2D eigenvalue weighted by Crippen LogP contribution is 2.23. The van der Waals surface area contributed by atoms with E-state index in [2.05, 4.69) is 10.4 Å². The number of pyridine rings is 1. The maximum atomic E-state index is 14.4. The van der Waals surface area contributed by atoms with Crippen molar-refractivity contribution in [1.29, 1.82) is 0 Å². The van der Waals surface area contributed by atoms with Crippen molar-refractivity contribution in [2.24, 2.45) is 0 Å². The lowest BCUT2D eigenvalue weighted by Gasteiger charge is -2.10. The number of nitrogens with zero attached hydrogens (tertiary/aromatic N) is 3. The Morgan fingerprint density at radius 1 is 1.03 bits per heavy atom. The minimum atomic E-state index is -0.865. The van der Waals surface area contributed by atoms with Crippen molar-refractivity contribution < 1.29 is 23.0 Å². The van der Waals surface area contributed by atoms with E-state index in [0.29, 0.717) is 18.8 Å². The molecule has 8 nitrogen and oxygen atoms in total. The van der Waals surface area contributed by atoms with Crippen molar-refractivity contribution in [2.45, 2.75) is 33.2 Å². The highest BCUT2D eigenvalue weighted by molar-refractivity contribution is 5.95. The predicted molar refractivity (Wildman–Crippen MR) is 137 cm³/mol. The molecule has 0 radical (unpaired) electrons. The summed E-state index contributed by atoms with van der Waals surface area (Å²) < 4.78 is 41.9. The summed E-state index contributed by atoms with van der Waals surface area (Å²) in [6.07, 6.45) is 3.35. The summed E-state index contributed by atoms with van der Waals surface area (Å²) in [4.78, 5) is 25.0. The van der Waals surface area contributed by atoms with Crippen molar-refractivity contribution in [3.63, 3.8) is 0 Å². The minimum Gasteiger partial charge on any atom is -0.494 e. The molecule has 0 saturated carbocycles. The van der Waals surface area contributed by atoms with E-state index in [4.69, 9.17) is 9.47 Å². The topological polar surface area (TPSA) is 87.4 Å². The Hall–Kier alpha value is -4.31. The van der Waals surface area contributed by atoms with E-state index in [1.165, 1.54) is 20.3 Å². The van der Waals surface area contributed by atoms with Crippen molar-refractivity contribution in [2.75, 3.05) is 14.2 Å². The first-order valence-electron chi connectivity index (χ1n) is 11.9. The SMILES string of the molecule is COCc1nn(Cc2ccc(Cn3ccc(C)cc3=O)cc2)cc1C(=O)NCc1c(F)ccc(OC)c1F. The molecule has 0 bridgehead atoms. The van der Waals surface area contributed by atoms with Gasteiger partial charge in [-0.3, -0.25) is 14.3 Å². The Bertz CT molecular complexity index is 1500. The molecule has 0 fully saturated rings. The quantitative estimate of drug-likeness (QED) is 0.342. The fourth-order valence-electron chi connectivity index (χ4n) is 4.01. The number of rotatable bonds is 10. The number of carbonyl (C=O) groups excluding carboxylic acids is 1. The third kappa shape index (κ3) is 6.15. The normalized spacial score (nSPS) is 11.0. The van der Waals surface area contributed by atoms with Gasteiger partial charge in [-0.15, -0.1) is 0 Å². The first kappa shape index (κ1) is 26.7. The first-order valence-corrected chi connectivity index (χ1v) is 11.9. The van der Waals surface area contributed by atoms with Crippen molar-refractivity contribution in [3.8, 4) is 5.75 Å². The molecule has 4 rings (SSSR count). The van der Waals surface area contributed by atoms with Gasteiger partial charge in [-0.2, -0.15) is 5.10 Å². The van der Waals surface area contributed by atoms with Crippen LogP contribution in [0, 0.1) is 18.6 Å². The molecule has 1 amide bonds. The molecular weight excluding hydrogens is 494 g/mol. The van der Waals surface area contributed by atoms with Gasteiger partial charge in [-0.05, 0) is 41.8 Å². The Balaban J connectivity index is 1.46. The van der Waals surface area contributed by atoms with Crippen LogP contribution in [-0.4, -0.2) is 34.5 Å². The number of aryl methyl sites for hydroxylation is 1. The van der Waals surface area contributed by atoms with Crippen LogP contribution >= 0.6 is 0 Å². The molecule has 198 valence electrons. The standard InChI is InChI=1S/C28H28F2N4O4/c1-18-10-11-33(26(35)12-18)14-19-4-6-20(7-5-19)15-34-16-22(24(32-34)17-37-2)28(36)31-13-21-23(29)8-9-25(38-3)27(21)30/h4-12,16H,13-15,17H2,1-3H3,(H,31,36). The van der Waals surface area contributed by atoms with Crippen LogP contribution in [0.2, 0.25) is 0 Å². The molecule has 2 aromatic carbocycles. The summed E-state index contributed by atoms with van der Waals surface area (Å²) in [5.74, 6) is -2.30. The molecule has 38 heavy (non-hydrogen) atoms. The molecule has 4 aromatic rings. The monoisotopic (exact) mass is 522 g/mol. The van der Waals surface area contributed by atoms with Gasteiger partial charge in [0.15, 0.2) is 11.6 Å². The Labute approximate surface area is 218 Å². The maximum Gasteiger partial charge on any atom is 0.255 e. The largest absolute Gasteiger partial charge is 0.494 e. The minimum absolute atomic E-state index is 0.0565. The van der Waals surface area contributed by atoms with E-state index in [-0.39, 0.29) is 35.6 Å². The van der Waals surface area contributed by atoms with Crippen LogP contribution in [0.3, 0.4) is 0 Å². The lowest BCUT2D eigenvalue weighted by Crippen LogP contribution is -2.25. The molecule has 2 heterocycles. The summed E-state index contributed by atoms with van der Waals surface area (Å²) in [5.41, 5.74) is 3.10. The highest BCUT2D eigenvalue weighted by Gasteiger charge is 2.19. The Kier molecular flexibility index (Phi) is 8.32. The number of nitrogens with one attached hydrogen (secondary N) is 1.